The number of fused-ring (bicyclic) bond motifs is 1. The van der Waals surface area contributed by atoms with Crippen LogP contribution in [0.2, 0.25) is 0 Å². The molecule has 6 heteroatoms. The molecule has 2 aromatic carbocycles. The second-order valence-corrected chi connectivity index (χ2v) is 10.2. The molecule has 0 amide bonds. The van der Waals surface area contributed by atoms with Crippen LogP contribution in [0.15, 0.2) is 83.6 Å². The lowest BCUT2D eigenvalue weighted by molar-refractivity contribution is 0.200. The third-order valence-electron chi connectivity index (χ3n) is 6.41. The number of nitrogens with zero attached hydrogens (tertiary/aromatic N) is 1. The molecule has 1 aliphatic heterocycles. The van der Waals surface area contributed by atoms with E-state index in [9.17, 15) is 8.42 Å². The van der Waals surface area contributed by atoms with Crippen molar-refractivity contribution in [1.82, 2.24) is 4.31 Å². The zero-order valence-corrected chi connectivity index (χ0v) is 18.9. The Morgan fingerprint density at radius 2 is 1.78 bits per heavy atom. The molecule has 32 heavy (non-hydrogen) atoms. The average molecular weight is 450 g/mol. The summed E-state index contributed by atoms with van der Waals surface area (Å²) in [6.07, 6.45) is 13.1. The van der Waals surface area contributed by atoms with Crippen LogP contribution in [0.4, 0.5) is 0 Å². The van der Waals surface area contributed by atoms with Crippen LogP contribution < -0.4 is 9.47 Å². The maximum absolute atomic E-state index is 13.4. The average Bonchev–Trinajstić information content (AvgIpc) is 3.48. The van der Waals surface area contributed by atoms with E-state index in [0.29, 0.717) is 5.75 Å². The van der Waals surface area contributed by atoms with Crippen LogP contribution in [-0.4, -0.2) is 25.9 Å². The van der Waals surface area contributed by atoms with Crippen molar-refractivity contribution in [3.8, 4) is 11.5 Å². The van der Waals surface area contributed by atoms with E-state index >= 15 is 0 Å². The maximum Gasteiger partial charge on any atom is 0.267 e. The van der Waals surface area contributed by atoms with Crippen molar-refractivity contribution in [1.29, 1.82) is 0 Å². The standard InChI is InChI=1S/C26H27NO4S/c1-30-25-16-15-19(17-26(25)31-20-9-5-6-10-20)23-18-27(24-14-8-7-13-22(23)24)32(28,29)21-11-3-2-4-12-21/h2-4,7-8,11-12,14-18,20,22H,5-6,9-10,13H2,1H3. The number of hydrogen-bond donors (Lipinski definition) is 0. The summed E-state index contributed by atoms with van der Waals surface area (Å²) >= 11 is 0. The summed E-state index contributed by atoms with van der Waals surface area (Å²) in [6, 6.07) is 14.5. The second kappa shape index (κ2) is 8.51. The summed E-state index contributed by atoms with van der Waals surface area (Å²) in [5.74, 6) is 1.40. The number of benzene rings is 2. The minimum absolute atomic E-state index is 0.0220. The largest absolute Gasteiger partial charge is 0.493 e. The minimum Gasteiger partial charge on any atom is -0.493 e. The quantitative estimate of drug-likeness (QED) is 0.583. The van der Waals surface area contributed by atoms with Gasteiger partial charge in [0.15, 0.2) is 11.5 Å². The van der Waals surface area contributed by atoms with Gasteiger partial charge in [0.1, 0.15) is 0 Å². The zero-order chi connectivity index (χ0) is 22.1. The molecular weight excluding hydrogens is 422 g/mol. The van der Waals surface area contributed by atoms with Gasteiger partial charge in [0.05, 0.1) is 18.1 Å². The molecule has 0 saturated heterocycles. The third-order valence-corrected chi connectivity index (χ3v) is 8.11. The van der Waals surface area contributed by atoms with Crippen molar-refractivity contribution in [2.45, 2.75) is 43.1 Å². The molecule has 1 fully saturated rings. The van der Waals surface area contributed by atoms with Gasteiger partial charge in [0, 0.05) is 17.8 Å². The molecule has 0 radical (unpaired) electrons. The summed E-state index contributed by atoms with van der Waals surface area (Å²) in [6.45, 7) is 0. The van der Waals surface area contributed by atoms with Gasteiger partial charge in [-0.1, -0.05) is 36.4 Å². The van der Waals surface area contributed by atoms with Crippen molar-refractivity contribution in [2.75, 3.05) is 7.11 Å². The van der Waals surface area contributed by atoms with E-state index in [1.165, 1.54) is 17.1 Å². The molecule has 3 aliphatic rings. The van der Waals surface area contributed by atoms with Crippen LogP contribution in [0.25, 0.3) is 5.57 Å². The molecule has 2 aromatic rings. The van der Waals surface area contributed by atoms with Crippen molar-refractivity contribution >= 4 is 15.6 Å². The Morgan fingerprint density at radius 1 is 1.00 bits per heavy atom. The Hall–Kier alpha value is -2.99. The molecule has 0 bridgehead atoms. The Bertz CT molecular complexity index is 1190. The van der Waals surface area contributed by atoms with Gasteiger partial charge in [-0.3, -0.25) is 0 Å². The van der Waals surface area contributed by atoms with Gasteiger partial charge in [-0.05, 0) is 73.6 Å². The van der Waals surface area contributed by atoms with E-state index in [4.69, 9.17) is 9.47 Å². The van der Waals surface area contributed by atoms with Crippen LogP contribution >= 0.6 is 0 Å². The molecule has 0 N–H and O–H groups in total. The Balaban J connectivity index is 1.55. The predicted octanol–water partition coefficient (Wildman–Crippen LogP) is 5.52. The first-order valence-electron chi connectivity index (χ1n) is 11.1. The van der Waals surface area contributed by atoms with Crippen LogP contribution in [0.1, 0.15) is 37.7 Å². The molecule has 1 saturated carbocycles. The van der Waals surface area contributed by atoms with Gasteiger partial charge in [0.25, 0.3) is 10.0 Å². The number of rotatable bonds is 6. The highest BCUT2D eigenvalue weighted by molar-refractivity contribution is 7.89. The first-order chi connectivity index (χ1) is 15.6. The van der Waals surface area contributed by atoms with Crippen LogP contribution in [0.5, 0.6) is 11.5 Å². The Morgan fingerprint density at radius 3 is 2.53 bits per heavy atom. The fourth-order valence-corrected chi connectivity index (χ4v) is 6.19. The highest BCUT2D eigenvalue weighted by atomic mass is 32.2. The molecule has 1 unspecified atom stereocenters. The van der Waals surface area contributed by atoms with Crippen molar-refractivity contribution in [3.05, 3.63) is 84.2 Å². The molecule has 0 aromatic heterocycles. The van der Waals surface area contributed by atoms with Crippen molar-refractivity contribution in [2.24, 2.45) is 5.92 Å². The highest BCUT2D eigenvalue weighted by Gasteiger charge is 2.38. The van der Waals surface area contributed by atoms with E-state index in [2.05, 4.69) is 6.08 Å². The zero-order valence-electron chi connectivity index (χ0n) is 18.1. The molecule has 1 atom stereocenters. The molecule has 0 spiro atoms. The smallest absolute Gasteiger partial charge is 0.267 e. The summed E-state index contributed by atoms with van der Waals surface area (Å²) in [7, 11) is -2.05. The summed E-state index contributed by atoms with van der Waals surface area (Å²) in [5, 5.41) is 0. The number of ether oxygens (including phenoxy) is 2. The fourth-order valence-electron chi connectivity index (χ4n) is 4.75. The SMILES string of the molecule is COc1ccc(C2=CN(S(=O)(=O)c3ccccc3)C3=CC=CCC23)cc1OC1CCCC1. The monoisotopic (exact) mass is 449 g/mol. The van der Waals surface area contributed by atoms with Gasteiger partial charge in [-0.15, -0.1) is 0 Å². The normalized spacial score (nSPS) is 20.7. The molecule has 166 valence electrons. The van der Waals surface area contributed by atoms with E-state index in [1.54, 1.807) is 37.6 Å². The fraction of sp³-hybridized carbons (Fsp3) is 0.308. The van der Waals surface area contributed by atoms with Crippen LogP contribution in [0, 0.1) is 5.92 Å². The van der Waals surface area contributed by atoms with E-state index in [0.717, 1.165) is 41.8 Å². The number of sulfonamides is 1. The molecular formula is C26H27NO4S. The third kappa shape index (κ3) is 3.73. The second-order valence-electron chi connectivity index (χ2n) is 8.40. The van der Waals surface area contributed by atoms with Gasteiger partial charge < -0.3 is 9.47 Å². The minimum atomic E-state index is -3.69. The van der Waals surface area contributed by atoms with E-state index < -0.39 is 10.0 Å². The number of allylic oxidation sites excluding steroid dienone is 4. The Labute approximate surface area is 189 Å². The summed E-state index contributed by atoms with van der Waals surface area (Å²) < 4.78 is 40.1. The van der Waals surface area contributed by atoms with Crippen molar-refractivity contribution in [3.63, 3.8) is 0 Å². The Kier molecular flexibility index (Phi) is 5.55. The van der Waals surface area contributed by atoms with Gasteiger partial charge in [-0.25, -0.2) is 12.7 Å². The van der Waals surface area contributed by atoms with Gasteiger partial charge >= 0.3 is 0 Å². The molecule has 2 aliphatic carbocycles. The van der Waals surface area contributed by atoms with E-state index in [-0.39, 0.29) is 16.9 Å². The summed E-state index contributed by atoms with van der Waals surface area (Å²) in [4.78, 5) is 0.284. The molecule has 5 rings (SSSR count). The highest BCUT2D eigenvalue weighted by Crippen LogP contribution is 2.46. The maximum atomic E-state index is 13.4. The lowest BCUT2D eigenvalue weighted by Crippen LogP contribution is -2.25. The van der Waals surface area contributed by atoms with Gasteiger partial charge in [0.2, 0.25) is 0 Å². The summed E-state index contributed by atoms with van der Waals surface area (Å²) in [5.41, 5.74) is 2.70. The van der Waals surface area contributed by atoms with Gasteiger partial charge in [-0.2, -0.15) is 0 Å². The van der Waals surface area contributed by atoms with Crippen LogP contribution in [0.3, 0.4) is 0 Å². The molecule has 1 heterocycles. The predicted molar refractivity (Wildman–Crippen MR) is 125 cm³/mol. The number of hydrogen-bond acceptors (Lipinski definition) is 4. The first kappa shape index (κ1) is 20.9. The van der Waals surface area contributed by atoms with Crippen molar-refractivity contribution < 1.29 is 17.9 Å². The van der Waals surface area contributed by atoms with Crippen LogP contribution in [-0.2, 0) is 10.0 Å². The lowest BCUT2D eigenvalue weighted by atomic mass is 9.88. The van der Waals surface area contributed by atoms with E-state index in [1.807, 2.05) is 36.4 Å². The lowest BCUT2D eigenvalue weighted by Gasteiger charge is -2.24. The topological polar surface area (TPSA) is 55.8 Å². The molecule has 5 nitrogen and oxygen atoms in total. The number of methoxy groups -OCH3 is 1. The first-order valence-corrected chi connectivity index (χ1v) is 12.5.